The molecule has 1 unspecified atom stereocenters. The maximum absolute atomic E-state index is 13.0. The highest BCUT2D eigenvalue weighted by molar-refractivity contribution is 7.89. The number of rotatable bonds is 3. The molecule has 7 heteroatoms. The van der Waals surface area contributed by atoms with Crippen LogP contribution in [0.25, 0.3) is 0 Å². The number of nitrogens with zero attached hydrogens (tertiary/aromatic N) is 1. The molecule has 2 rings (SSSR count). The molecule has 1 fully saturated rings. The molecule has 0 aliphatic carbocycles. The Morgan fingerprint density at radius 3 is 2.41 bits per heavy atom. The summed E-state index contributed by atoms with van der Waals surface area (Å²) in [5.41, 5.74) is 4.63. The van der Waals surface area contributed by atoms with Crippen molar-refractivity contribution < 1.29 is 13.2 Å². The molecule has 3 N–H and O–H groups in total. The molecule has 122 valence electrons. The largest absolute Gasteiger partial charge is 0.294 e. The van der Waals surface area contributed by atoms with Crippen LogP contribution in [-0.2, 0) is 14.8 Å². The minimum Gasteiger partial charge on any atom is -0.294 e. The Kier molecular flexibility index (Phi) is 4.89. The Bertz CT molecular complexity index is 662. The number of piperidine rings is 1. The van der Waals surface area contributed by atoms with Crippen molar-refractivity contribution in [3.63, 3.8) is 0 Å². The van der Waals surface area contributed by atoms with Crippen molar-refractivity contribution >= 4 is 15.9 Å². The average molecular weight is 325 g/mol. The fourth-order valence-electron chi connectivity index (χ4n) is 3.20. The second kappa shape index (κ2) is 6.36. The van der Waals surface area contributed by atoms with Crippen molar-refractivity contribution in [2.45, 2.75) is 38.5 Å². The maximum Gasteiger partial charge on any atom is 0.243 e. The van der Waals surface area contributed by atoms with E-state index in [1.165, 1.54) is 4.31 Å². The lowest BCUT2D eigenvalue weighted by Crippen LogP contribution is -2.47. The lowest BCUT2D eigenvalue weighted by Gasteiger charge is -2.31. The number of sulfonamides is 1. The van der Waals surface area contributed by atoms with Crippen LogP contribution in [0.15, 0.2) is 17.0 Å². The molecule has 1 aromatic rings. The van der Waals surface area contributed by atoms with Crippen LogP contribution < -0.4 is 11.3 Å². The predicted octanol–water partition coefficient (Wildman–Crippen LogP) is 1.00. The predicted molar refractivity (Wildman–Crippen MR) is 84.5 cm³/mol. The van der Waals surface area contributed by atoms with E-state index in [1.807, 2.05) is 19.1 Å². The van der Waals surface area contributed by atoms with Crippen molar-refractivity contribution in [1.82, 2.24) is 9.73 Å². The second-order valence-electron chi connectivity index (χ2n) is 5.94. The van der Waals surface area contributed by atoms with Gasteiger partial charge < -0.3 is 0 Å². The molecule has 0 saturated carbocycles. The fourth-order valence-corrected chi connectivity index (χ4v) is 5.13. The number of carbonyl (C=O) groups is 1. The number of nitrogens with two attached hydrogens (primary N) is 1. The van der Waals surface area contributed by atoms with Crippen molar-refractivity contribution in [1.29, 1.82) is 0 Å². The Morgan fingerprint density at radius 1 is 1.27 bits per heavy atom. The number of hydrogen-bond acceptors (Lipinski definition) is 4. The molecule has 1 aliphatic heterocycles. The first-order chi connectivity index (χ1) is 10.3. The molecule has 6 nitrogen and oxygen atoms in total. The molecule has 0 bridgehead atoms. The van der Waals surface area contributed by atoms with Gasteiger partial charge in [0.25, 0.3) is 0 Å². The van der Waals surface area contributed by atoms with E-state index in [-0.39, 0.29) is 18.4 Å². The smallest absolute Gasteiger partial charge is 0.243 e. The van der Waals surface area contributed by atoms with Gasteiger partial charge in [0.05, 0.1) is 10.8 Å². The quantitative estimate of drug-likeness (QED) is 0.493. The standard InChI is InChI=1S/C15H23N3O3S/c1-10-7-11(2)14(12(3)8-10)22(20,21)18-6-4-5-13(9-18)15(19)17-16/h7-8,13H,4-6,9,16H2,1-3H3,(H,17,19). The molecule has 1 amide bonds. The summed E-state index contributed by atoms with van der Waals surface area (Å²) in [6.45, 7) is 6.17. The van der Waals surface area contributed by atoms with Crippen LogP contribution in [0.5, 0.6) is 0 Å². The van der Waals surface area contributed by atoms with Crippen LogP contribution in [-0.4, -0.2) is 31.7 Å². The number of amides is 1. The van der Waals surface area contributed by atoms with E-state index in [1.54, 1.807) is 13.8 Å². The first-order valence-electron chi connectivity index (χ1n) is 7.36. The number of aryl methyl sites for hydroxylation is 3. The zero-order valence-electron chi connectivity index (χ0n) is 13.2. The van der Waals surface area contributed by atoms with Gasteiger partial charge in [0.15, 0.2) is 0 Å². The summed E-state index contributed by atoms with van der Waals surface area (Å²) in [5.74, 6) is 4.47. The summed E-state index contributed by atoms with van der Waals surface area (Å²) in [5, 5.41) is 0. The maximum atomic E-state index is 13.0. The van der Waals surface area contributed by atoms with E-state index in [4.69, 9.17) is 5.84 Å². The lowest BCUT2D eigenvalue weighted by atomic mass is 9.99. The van der Waals surface area contributed by atoms with Crippen LogP contribution in [0.3, 0.4) is 0 Å². The van der Waals surface area contributed by atoms with Crippen LogP contribution in [0.4, 0.5) is 0 Å². The normalized spacial score (nSPS) is 19.9. The summed E-state index contributed by atoms with van der Waals surface area (Å²) in [4.78, 5) is 12.1. The number of carbonyl (C=O) groups excluding carboxylic acids is 1. The molecule has 0 radical (unpaired) electrons. The second-order valence-corrected chi connectivity index (χ2v) is 7.81. The lowest BCUT2D eigenvalue weighted by molar-refractivity contribution is -0.126. The average Bonchev–Trinajstić information content (AvgIpc) is 2.45. The molecule has 1 aromatic carbocycles. The summed E-state index contributed by atoms with van der Waals surface area (Å²) in [7, 11) is -3.60. The SMILES string of the molecule is Cc1cc(C)c(S(=O)(=O)N2CCCC(C(=O)NN)C2)c(C)c1. The molecule has 0 spiro atoms. The van der Waals surface area contributed by atoms with Gasteiger partial charge in [-0.05, 0) is 44.7 Å². The van der Waals surface area contributed by atoms with Gasteiger partial charge in [0, 0.05) is 13.1 Å². The highest BCUT2D eigenvalue weighted by Gasteiger charge is 2.34. The minimum absolute atomic E-state index is 0.179. The van der Waals surface area contributed by atoms with E-state index >= 15 is 0 Å². The molecule has 1 saturated heterocycles. The van der Waals surface area contributed by atoms with E-state index in [0.29, 0.717) is 24.3 Å². The van der Waals surface area contributed by atoms with E-state index in [9.17, 15) is 13.2 Å². The summed E-state index contributed by atoms with van der Waals surface area (Å²) in [6.07, 6.45) is 1.31. The van der Waals surface area contributed by atoms with Gasteiger partial charge in [-0.2, -0.15) is 4.31 Å². The Balaban J connectivity index is 2.37. The molecule has 22 heavy (non-hydrogen) atoms. The molecular formula is C15H23N3O3S. The molecular weight excluding hydrogens is 302 g/mol. The summed E-state index contributed by atoms with van der Waals surface area (Å²) >= 11 is 0. The van der Waals surface area contributed by atoms with Gasteiger partial charge in [-0.25, -0.2) is 14.3 Å². The number of hydrazine groups is 1. The van der Waals surface area contributed by atoms with Gasteiger partial charge in [0.1, 0.15) is 0 Å². The van der Waals surface area contributed by atoms with E-state index in [0.717, 1.165) is 16.7 Å². The summed E-state index contributed by atoms with van der Waals surface area (Å²) < 4.78 is 27.3. The summed E-state index contributed by atoms with van der Waals surface area (Å²) in [6, 6.07) is 3.74. The monoisotopic (exact) mass is 325 g/mol. The van der Waals surface area contributed by atoms with E-state index in [2.05, 4.69) is 5.43 Å². The zero-order chi connectivity index (χ0) is 16.5. The third-order valence-corrected chi connectivity index (χ3v) is 6.27. The van der Waals surface area contributed by atoms with Crippen molar-refractivity contribution in [3.05, 3.63) is 28.8 Å². The highest BCUT2D eigenvalue weighted by atomic mass is 32.2. The Morgan fingerprint density at radius 2 is 1.86 bits per heavy atom. The third-order valence-electron chi connectivity index (χ3n) is 4.10. The first-order valence-corrected chi connectivity index (χ1v) is 8.80. The van der Waals surface area contributed by atoms with Crippen molar-refractivity contribution in [2.75, 3.05) is 13.1 Å². The first kappa shape index (κ1) is 16.9. The molecule has 1 atom stereocenters. The molecule has 1 heterocycles. The number of benzene rings is 1. The van der Waals surface area contributed by atoms with Crippen LogP contribution in [0.1, 0.15) is 29.5 Å². The Labute approximate surface area is 131 Å². The molecule has 0 aromatic heterocycles. The van der Waals surface area contributed by atoms with Gasteiger partial charge in [-0.3, -0.25) is 10.2 Å². The third kappa shape index (κ3) is 3.16. The fraction of sp³-hybridized carbons (Fsp3) is 0.533. The van der Waals surface area contributed by atoms with Crippen LogP contribution >= 0.6 is 0 Å². The van der Waals surface area contributed by atoms with E-state index < -0.39 is 10.0 Å². The minimum atomic E-state index is -3.60. The van der Waals surface area contributed by atoms with Crippen LogP contribution in [0, 0.1) is 26.7 Å². The van der Waals surface area contributed by atoms with Gasteiger partial charge in [0.2, 0.25) is 15.9 Å². The van der Waals surface area contributed by atoms with Gasteiger partial charge in [-0.1, -0.05) is 17.7 Å². The highest BCUT2D eigenvalue weighted by Crippen LogP contribution is 2.28. The Hall–Kier alpha value is -1.44. The van der Waals surface area contributed by atoms with Gasteiger partial charge >= 0.3 is 0 Å². The zero-order valence-corrected chi connectivity index (χ0v) is 14.0. The molecule has 1 aliphatic rings. The van der Waals surface area contributed by atoms with Gasteiger partial charge in [-0.15, -0.1) is 0 Å². The van der Waals surface area contributed by atoms with Crippen molar-refractivity contribution in [3.8, 4) is 0 Å². The van der Waals surface area contributed by atoms with Crippen LogP contribution in [0.2, 0.25) is 0 Å². The van der Waals surface area contributed by atoms with Crippen molar-refractivity contribution in [2.24, 2.45) is 11.8 Å². The number of hydrogen-bond donors (Lipinski definition) is 2. The number of nitrogens with one attached hydrogen (secondary N) is 1. The topological polar surface area (TPSA) is 92.5 Å².